The number of hydrogen-bond donors (Lipinski definition) is 4. The zero-order valence-electron chi connectivity index (χ0n) is 30.6. The van der Waals surface area contributed by atoms with Crippen molar-refractivity contribution in [2.45, 2.75) is 49.4 Å². The maximum Gasteiger partial charge on any atom is 0.407 e. The number of nitrogens with one attached hydrogen (secondary N) is 3. The van der Waals surface area contributed by atoms with E-state index in [0.29, 0.717) is 17.9 Å². The highest BCUT2D eigenvalue weighted by Gasteiger charge is 2.31. The topological polar surface area (TPSA) is 152 Å². The highest BCUT2D eigenvalue weighted by molar-refractivity contribution is 7.98. The summed E-state index contributed by atoms with van der Waals surface area (Å²) in [5.74, 6) is -1.11. The number of esters is 1. The van der Waals surface area contributed by atoms with Crippen LogP contribution in [0.25, 0.3) is 11.1 Å². The van der Waals surface area contributed by atoms with Crippen LogP contribution in [0.1, 0.15) is 48.3 Å². The molecule has 4 N–H and O–H groups in total. The van der Waals surface area contributed by atoms with Crippen molar-refractivity contribution < 1.29 is 38.5 Å². The van der Waals surface area contributed by atoms with Crippen LogP contribution in [0.15, 0.2) is 104 Å². The van der Waals surface area contributed by atoms with Crippen molar-refractivity contribution >= 4 is 35.6 Å². The van der Waals surface area contributed by atoms with E-state index in [4.69, 9.17) is 19.3 Å². The summed E-state index contributed by atoms with van der Waals surface area (Å²) >= 11 is 1.57. The number of carbonyl (C=O) groups excluding carboxylic acids is 4. The zero-order chi connectivity index (χ0) is 38.5. The van der Waals surface area contributed by atoms with E-state index >= 15 is 0 Å². The van der Waals surface area contributed by atoms with Crippen LogP contribution in [0, 0.1) is 5.92 Å². The molecule has 0 bridgehead atoms. The van der Waals surface area contributed by atoms with Crippen molar-refractivity contribution in [3.63, 3.8) is 0 Å². The number of hydrogen-bond acceptors (Lipinski definition) is 9. The van der Waals surface area contributed by atoms with Crippen LogP contribution in [0.5, 0.6) is 0 Å². The van der Waals surface area contributed by atoms with Crippen molar-refractivity contribution in [1.29, 1.82) is 0 Å². The molecule has 0 heterocycles. The van der Waals surface area contributed by atoms with Gasteiger partial charge in [0.1, 0.15) is 19.3 Å². The minimum atomic E-state index is -1.01. The number of fused-ring (bicyclic) bond motifs is 3. The number of amides is 3. The number of alkyl carbamates (subject to hydrolysis) is 1. The summed E-state index contributed by atoms with van der Waals surface area (Å²) in [5.41, 5.74) is 5.47. The van der Waals surface area contributed by atoms with Crippen LogP contribution < -0.4 is 16.0 Å². The van der Waals surface area contributed by atoms with E-state index in [2.05, 4.69) is 41.2 Å². The average Bonchev–Trinajstić information content (AvgIpc) is 3.51. The Morgan fingerprint density at radius 1 is 0.852 bits per heavy atom. The predicted octanol–water partition coefficient (Wildman–Crippen LogP) is 5.53. The standard InChI is InChI=1S/C42H51N3O8S/c1-3-5-20-38(45-42(50)53-27-37-35-18-11-9-16-33(35)34-17-10-12-19-36(34)37)41(49)52-26-32(29-54-28-30-14-7-6-8-15-30)44-40(48)31(13-4-2)25-39(47)43-21-23-51-24-22-46/h3-4,6-12,14-19,31-32,37-38,46H,1-2,5,13,20-29H2,(H,43,47)(H,44,48)(H,45,50). The Bertz CT molecular complexity index is 1640. The Labute approximate surface area is 321 Å². The molecule has 3 atom stereocenters. The third kappa shape index (κ3) is 13.2. The van der Waals surface area contributed by atoms with Gasteiger partial charge >= 0.3 is 12.1 Å². The van der Waals surface area contributed by atoms with Gasteiger partial charge in [0.15, 0.2) is 0 Å². The van der Waals surface area contributed by atoms with E-state index in [1.807, 2.05) is 66.7 Å². The minimum absolute atomic E-state index is 0.0742. The first kappa shape index (κ1) is 41.8. The first-order valence-corrected chi connectivity index (χ1v) is 19.4. The Balaban J connectivity index is 1.36. The SMILES string of the molecule is C=CCCC(NC(=O)OCC1c2ccccc2-c2ccccc21)C(=O)OCC(CSCc1ccccc1)NC(=O)C(CC=C)CC(=O)NCCOCCO. The molecule has 3 unspecified atom stereocenters. The highest BCUT2D eigenvalue weighted by atomic mass is 32.2. The molecular formula is C42H51N3O8S. The quantitative estimate of drug-likeness (QED) is 0.0526. The first-order chi connectivity index (χ1) is 26.3. The molecule has 3 aromatic rings. The number of aliphatic hydroxyl groups excluding tert-OH is 1. The van der Waals surface area contributed by atoms with Gasteiger partial charge < -0.3 is 35.3 Å². The molecule has 0 aromatic heterocycles. The molecule has 0 spiro atoms. The van der Waals surface area contributed by atoms with Crippen molar-refractivity contribution in [2.24, 2.45) is 5.92 Å². The van der Waals surface area contributed by atoms with Gasteiger partial charge in [0.05, 0.1) is 31.8 Å². The van der Waals surface area contributed by atoms with Gasteiger partial charge in [-0.3, -0.25) is 9.59 Å². The van der Waals surface area contributed by atoms with Crippen LogP contribution in [-0.4, -0.2) is 86.4 Å². The lowest BCUT2D eigenvalue weighted by atomic mass is 9.98. The zero-order valence-corrected chi connectivity index (χ0v) is 31.4. The predicted molar refractivity (Wildman–Crippen MR) is 211 cm³/mol. The third-order valence-corrected chi connectivity index (χ3v) is 10.0. The van der Waals surface area contributed by atoms with E-state index in [1.54, 1.807) is 23.9 Å². The molecule has 288 valence electrons. The van der Waals surface area contributed by atoms with Gasteiger partial charge in [0.25, 0.3) is 0 Å². The average molecular weight is 758 g/mol. The lowest BCUT2D eigenvalue weighted by Gasteiger charge is -2.24. The second-order valence-corrected chi connectivity index (χ2v) is 13.9. The number of benzene rings is 3. The van der Waals surface area contributed by atoms with Crippen molar-refractivity contribution in [3.05, 3.63) is 121 Å². The van der Waals surface area contributed by atoms with Gasteiger partial charge in [-0.05, 0) is 47.1 Å². The second-order valence-electron chi connectivity index (χ2n) is 12.8. The molecule has 0 fully saturated rings. The summed E-state index contributed by atoms with van der Waals surface area (Å²) in [6, 6.07) is 24.3. The Morgan fingerprint density at radius 2 is 1.54 bits per heavy atom. The van der Waals surface area contributed by atoms with Crippen LogP contribution in [0.4, 0.5) is 4.79 Å². The molecule has 3 amide bonds. The molecule has 0 saturated heterocycles. The van der Waals surface area contributed by atoms with Gasteiger partial charge in [0.2, 0.25) is 11.8 Å². The van der Waals surface area contributed by atoms with Crippen LogP contribution in [0.3, 0.4) is 0 Å². The van der Waals surface area contributed by atoms with Crippen LogP contribution in [-0.2, 0) is 34.3 Å². The summed E-state index contributed by atoms with van der Waals surface area (Å²) in [5, 5.41) is 17.2. The first-order valence-electron chi connectivity index (χ1n) is 18.2. The third-order valence-electron chi connectivity index (χ3n) is 8.84. The normalized spacial score (nSPS) is 13.4. The van der Waals surface area contributed by atoms with Gasteiger partial charge in [-0.2, -0.15) is 11.8 Å². The number of aliphatic hydroxyl groups is 1. The Morgan fingerprint density at radius 3 is 2.20 bits per heavy atom. The fourth-order valence-corrected chi connectivity index (χ4v) is 7.16. The van der Waals surface area contributed by atoms with E-state index < -0.39 is 30.1 Å². The van der Waals surface area contributed by atoms with E-state index in [1.165, 1.54) is 0 Å². The molecule has 0 aliphatic heterocycles. The smallest absolute Gasteiger partial charge is 0.407 e. The molecular weight excluding hydrogens is 707 g/mol. The summed E-state index contributed by atoms with van der Waals surface area (Å²) in [6.07, 6.45) is 3.37. The monoisotopic (exact) mass is 757 g/mol. The van der Waals surface area contributed by atoms with E-state index in [9.17, 15) is 19.2 Å². The number of rotatable bonds is 24. The molecule has 12 heteroatoms. The number of carbonyl (C=O) groups is 4. The Hall–Kier alpha value is -4.91. The lowest BCUT2D eigenvalue weighted by molar-refractivity contribution is -0.147. The van der Waals surface area contributed by atoms with Crippen LogP contribution in [0.2, 0.25) is 0 Å². The molecule has 0 radical (unpaired) electrons. The lowest BCUT2D eigenvalue weighted by Crippen LogP contribution is -2.47. The summed E-state index contributed by atoms with van der Waals surface area (Å²) < 4.78 is 16.6. The number of thioether (sulfide) groups is 1. The molecule has 1 aliphatic carbocycles. The second kappa shape index (κ2) is 23.0. The molecule has 54 heavy (non-hydrogen) atoms. The highest BCUT2D eigenvalue weighted by Crippen LogP contribution is 2.44. The molecule has 11 nitrogen and oxygen atoms in total. The van der Waals surface area contributed by atoms with E-state index in [-0.39, 0.29) is 76.6 Å². The van der Waals surface area contributed by atoms with Crippen LogP contribution >= 0.6 is 11.8 Å². The summed E-state index contributed by atoms with van der Waals surface area (Å²) in [4.78, 5) is 52.7. The fraction of sp³-hybridized carbons (Fsp3) is 0.381. The molecule has 3 aromatic carbocycles. The minimum Gasteiger partial charge on any atom is -0.462 e. The number of allylic oxidation sites excluding steroid dienone is 2. The Kier molecular flexibility index (Phi) is 17.8. The maximum absolute atomic E-state index is 13.5. The summed E-state index contributed by atoms with van der Waals surface area (Å²) in [7, 11) is 0. The molecule has 4 rings (SSSR count). The molecule has 0 saturated carbocycles. The summed E-state index contributed by atoms with van der Waals surface area (Å²) in [6.45, 7) is 7.98. The van der Waals surface area contributed by atoms with Crippen molar-refractivity contribution in [1.82, 2.24) is 16.0 Å². The van der Waals surface area contributed by atoms with E-state index in [0.717, 1.165) is 27.8 Å². The van der Waals surface area contributed by atoms with Gasteiger partial charge in [0, 0.05) is 30.4 Å². The maximum atomic E-state index is 13.5. The van der Waals surface area contributed by atoms with Gasteiger partial charge in [-0.25, -0.2) is 9.59 Å². The van der Waals surface area contributed by atoms with Crippen molar-refractivity contribution in [3.8, 4) is 11.1 Å². The van der Waals surface area contributed by atoms with Crippen molar-refractivity contribution in [2.75, 3.05) is 45.3 Å². The molecule has 1 aliphatic rings. The van der Waals surface area contributed by atoms with Gasteiger partial charge in [-0.1, -0.05) is 91.0 Å². The van der Waals surface area contributed by atoms with Gasteiger partial charge in [-0.15, -0.1) is 13.2 Å². The fourth-order valence-electron chi connectivity index (χ4n) is 6.15. The largest absolute Gasteiger partial charge is 0.462 e. The number of ether oxygens (including phenoxy) is 3.